The Kier molecular flexibility index (Phi) is 9.43. The number of carbonyl (C=O) groups excluding carboxylic acids is 4. The van der Waals surface area contributed by atoms with Crippen LogP contribution in [0.3, 0.4) is 0 Å². The van der Waals surface area contributed by atoms with Gasteiger partial charge in [0.25, 0.3) is 0 Å². The van der Waals surface area contributed by atoms with E-state index in [1.165, 1.54) is 13.8 Å². The predicted molar refractivity (Wildman–Crippen MR) is 107 cm³/mol. The van der Waals surface area contributed by atoms with E-state index in [1.807, 2.05) is 0 Å². The third-order valence-electron chi connectivity index (χ3n) is 4.10. The van der Waals surface area contributed by atoms with Gasteiger partial charge in [0.05, 0.1) is 12.5 Å². The molecule has 1 rings (SSSR count). The van der Waals surface area contributed by atoms with E-state index >= 15 is 0 Å². The summed E-state index contributed by atoms with van der Waals surface area (Å²) in [6.45, 7) is 2.73. The maximum absolute atomic E-state index is 12.4. The molecule has 30 heavy (non-hydrogen) atoms. The minimum atomic E-state index is -1.32. The average Bonchev–Trinajstić information content (AvgIpc) is 2.66. The van der Waals surface area contributed by atoms with Crippen molar-refractivity contribution in [2.75, 3.05) is 0 Å². The number of primary amides is 1. The number of carbonyl (C=O) groups is 5. The van der Waals surface area contributed by atoms with E-state index in [9.17, 15) is 29.1 Å². The zero-order valence-electron chi connectivity index (χ0n) is 16.8. The van der Waals surface area contributed by atoms with Crippen LogP contribution in [0.1, 0.15) is 25.8 Å². The predicted octanol–water partition coefficient (Wildman–Crippen LogP) is -1.99. The Balaban J connectivity index is 2.76. The molecule has 0 saturated heterocycles. The molecule has 0 spiro atoms. The number of benzene rings is 1. The van der Waals surface area contributed by atoms with Gasteiger partial charge in [-0.05, 0) is 19.4 Å². The van der Waals surface area contributed by atoms with Gasteiger partial charge in [0, 0.05) is 6.42 Å². The fourth-order valence-electron chi connectivity index (χ4n) is 2.44. The number of aliphatic carboxylic acids is 1. The van der Waals surface area contributed by atoms with Crippen molar-refractivity contribution in [1.29, 1.82) is 0 Å². The first kappa shape index (κ1) is 24.6. The van der Waals surface area contributed by atoms with Gasteiger partial charge in [0.1, 0.15) is 18.1 Å². The maximum Gasteiger partial charge on any atom is 0.326 e. The Morgan fingerprint density at radius 2 is 1.47 bits per heavy atom. The van der Waals surface area contributed by atoms with E-state index in [0.717, 1.165) is 0 Å². The highest BCUT2D eigenvalue weighted by Gasteiger charge is 2.28. The molecule has 0 radical (unpaired) electrons. The smallest absolute Gasteiger partial charge is 0.326 e. The summed E-state index contributed by atoms with van der Waals surface area (Å²) in [4.78, 5) is 59.2. The Hall–Kier alpha value is -3.47. The number of amides is 4. The van der Waals surface area contributed by atoms with Crippen molar-refractivity contribution in [1.82, 2.24) is 16.0 Å². The number of rotatable bonds is 11. The lowest BCUT2D eigenvalue weighted by atomic mass is 10.1. The maximum atomic E-state index is 12.4. The lowest BCUT2D eigenvalue weighted by Gasteiger charge is -2.22. The second-order valence-electron chi connectivity index (χ2n) is 6.84. The summed E-state index contributed by atoms with van der Waals surface area (Å²) in [6.07, 6.45) is -0.443. The highest BCUT2D eigenvalue weighted by Crippen LogP contribution is 2.04. The van der Waals surface area contributed by atoms with Crippen molar-refractivity contribution in [2.45, 2.75) is 50.9 Å². The van der Waals surface area contributed by atoms with Crippen LogP contribution in [0.4, 0.5) is 0 Å². The Bertz CT molecular complexity index is 783. The van der Waals surface area contributed by atoms with Crippen molar-refractivity contribution in [2.24, 2.45) is 11.5 Å². The third-order valence-corrected chi connectivity index (χ3v) is 4.10. The third kappa shape index (κ3) is 8.27. The first-order valence-electron chi connectivity index (χ1n) is 9.23. The fraction of sp³-hybridized carbons (Fsp3) is 0.421. The highest BCUT2D eigenvalue weighted by molar-refractivity contribution is 5.95. The molecule has 164 valence electrons. The number of nitrogens with one attached hydrogen (secondary N) is 3. The van der Waals surface area contributed by atoms with Gasteiger partial charge >= 0.3 is 5.97 Å². The summed E-state index contributed by atoms with van der Waals surface area (Å²) in [5.74, 6) is -4.33. The molecule has 0 saturated carbocycles. The molecule has 0 fully saturated rings. The summed E-state index contributed by atoms with van der Waals surface area (Å²) in [5, 5.41) is 16.3. The van der Waals surface area contributed by atoms with E-state index in [2.05, 4.69) is 16.0 Å². The molecule has 4 amide bonds. The summed E-state index contributed by atoms with van der Waals surface area (Å²) in [7, 11) is 0. The summed E-state index contributed by atoms with van der Waals surface area (Å²) >= 11 is 0. The molecule has 8 N–H and O–H groups in total. The van der Waals surface area contributed by atoms with Crippen LogP contribution in [0.5, 0.6) is 0 Å². The first-order valence-corrected chi connectivity index (χ1v) is 9.23. The molecule has 0 aromatic heterocycles. The lowest BCUT2D eigenvalue weighted by Crippen LogP contribution is -2.56. The summed E-state index contributed by atoms with van der Waals surface area (Å²) < 4.78 is 0. The molecular formula is C19H27N5O6. The summed E-state index contributed by atoms with van der Waals surface area (Å²) in [5.41, 5.74) is 11.2. The zero-order chi connectivity index (χ0) is 22.8. The number of carboxylic acids is 1. The number of carboxylic acid groups (broad SMARTS) is 1. The van der Waals surface area contributed by atoms with E-state index in [4.69, 9.17) is 11.5 Å². The molecule has 4 unspecified atom stereocenters. The van der Waals surface area contributed by atoms with Crippen LogP contribution in [-0.4, -0.2) is 58.9 Å². The highest BCUT2D eigenvalue weighted by atomic mass is 16.4. The molecule has 0 aliphatic heterocycles. The average molecular weight is 421 g/mol. The molecule has 0 aliphatic carbocycles. The van der Waals surface area contributed by atoms with Gasteiger partial charge < -0.3 is 32.5 Å². The van der Waals surface area contributed by atoms with Crippen molar-refractivity contribution in [3.63, 3.8) is 0 Å². The molecule has 0 bridgehead atoms. The van der Waals surface area contributed by atoms with Gasteiger partial charge in [-0.1, -0.05) is 30.3 Å². The lowest BCUT2D eigenvalue weighted by molar-refractivity contribution is -0.142. The van der Waals surface area contributed by atoms with Gasteiger partial charge in [0.15, 0.2) is 0 Å². The van der Waals surface area contributed by atoms with Gasteiger partial charge in [0.2, 0.25) is 23.6 Å². The van der Waals surface area contributed by atoms with Gasteiger partial charge in [-0.3, -0.25) is 19.2 Å². The Labute approximate surface area is 173 Å². The largest absolute Gasteiger partial charge is 0.480 e. The zero-order valence-corrected chi connectivity index (χ0v) is 16.8. The molecular weight excluding hydrogens is 394 g/mol. The summed E-state index contributed by atoms with van der Waals surface area (Å²) in [6, 6.07) is 4.12. The van der Waals surface area contributed by atoms with Crippen molar-refractivity contribution in [3.8, 4) is 0 Å². The van der Waals surface area contributed by atoms with E-state index in [0.29, 0.717) is 5.56 Å². The van der Waals surface area contributed by atoms with Crippen LogP contribution in [0.15, 0.2) is 30.3 Å². The number of nitrogens with two attached hydrogens (primary N) is 2. The Morgan fingerprint density at radius 1 is 0.900 bits per heavy atom. The molecule has 1 aromatic rings. The van der Waals surface area contributed by atoms with Gasteiger partial charge in [-0.15, -0.1) is 0 Å². The van der Waals surface area contributed by atoms with E-state index in [-0.39, 0.29) is 6.42 Å². The molecule has 0 aliphatic rings. The quantitative estimate of drug-likeness (QED) is 0.238. The van der Waals surface area contributed by atoms with Crippen LogP contribution >= 0.6 is 0 Å². The van der Waals surface area contributed by atoms with Crippen LogP contribution in [0, 0.1) is 0 Å². The topological polar surface area (TPSA) is 194 Å². The second-order valence-corrected chi connectivity index (χ2v) is 6.84. The van der Waals surface area contributed by atoms with Crippen LogP contribution in [-0.2, 0) is 30.4 Å². The van der Waals surface area contributed by atoms with Crippen molar-refractivity contribution in [3.05, 3.63) is 35.9 Å². The van der Waals surface area contributed by atoms with Crippen LogP contribution < -0.4 is 27.4 Å². The van der Waals surface area contributed by atoms with Gasteiger partial charge in [-0.25, -0.2) is 4.79 Å². The molecule has 0 heterocycles. The molecule has 11 heteroatoms. The Morgan fingerprint density at radius 3 is 1.97 bits per heavy atom. The van der Waals surface area contributed by atoms with Crippen LogP contribution in [0.25, 0.3) is 0 Å². The minimum Gasteiger partial charge on any atom is -0.480 e. The van der Waals surface area contributed by atoms with Crippen molar-refractivity contribution >= 4 is 29.6 Å². The SMILES string of the molecule is CC(N)C(=O)NC(CC(N)=O)C(=O)NC(C)C(=O)NC(Cc1ccccc1)C(=O)O. The minimum absolute atomic E-state index is 0.0529. The molecule has 1 aromatic carbocycles. The monoisotopic (exact) mass is 421 g/mol. The number of hydrogen-bond donors (Lipinski definition) is 6. The van der Waals surface area contributed by atoms with Crippen molar-refractivity contribution < 1.29 is 29.1 Å². The van der Waals surface area contributed by atoms with Gasteiger partial charge in [-0.2, -0.15) is 0 Å². The van der Waals surface area contributed by atoms with E-state index in [1.54, 1.807) is 30.3 Å². The second kappa shape index (κ2) is 11.5. The van der Waals surface area contributed by atoms with E-state index < -0.39 is 60.2 Å². The fourth-order valence-corrected chi connectivity index (χ4v) is 2.44. The molecule has 11 nitrogen and oxygen atoms in total. The van der Waals surface area contributed by atoms with Crippen LogP contribution in [0.2, 0.25) is 0 Å². The first-order chi connectivity index (χ1) is 14.0. The standard InChI is InChI=1S/C19H27N5O6/c1-10(20)16(26)23-13(9-15(21)25)18(28)22-11(2)17(27)24-14(19(29)30)8-12-6-4-3-5-7-12/h3-7,10-11,13-14H,8-9,20H2,1-2H3,(H2,21,25)(H,22,28)(H,23,26)(H,24,27)(H,29,30). The molecule has 4 atom stereocenters. The number of hydrogen-bond acceptors (Lipinski definition) is 6. The normalized spacial score (nSPS) is 14.5.